The molecule has 0 spiro atoms. The topological polar surface area (TPSA) is 69.6 Å². The number of likely N-dealkylation sites (N-methyl/N-ethyl adjacent to an activating group) is 1. The largest absolute Gasteiger partial charge is 0.480 e. The summed E-state index contributed by atoms with van der Waals surface area (Å²) < 4.78 is 0. The predicted octanol–water partition coefficient (Wildman–Crippen LogP) is 0.0600. The second-order valence-electron chi connectivity index (χ2n) is 4.37. The Morgan fingerprint density at radius 2 is 2.07 bits per heavy atom. The van der Waals surface area contributed by atoms with Crippen molar-refractivity contribution in [2.45, 2.75) is 38.3 Å². The van der Waals surface area contributed by atoms with Gasteiger partial charge in [-0.05, 0) is 33.7 Å². The van der Waals surface area contributed by atoms with Crippen LogP contribution in [0.1, 0.15) is 26.7 Å². The van der Waals surface area contributed by atoms with E-state index in [4.69, 9.17) is 5.11 Å². The number of hydrogen-bond acceptors (Lipinski definition) is 3. The predicted molar refractivity (Wildman–Crippen MR) is 55.5 cm³/mol. The number of carbonyl (C=O) groups excluding carboxylic acids is 1. The number of nitrogens with one attached hydrogen (secondary N) is 1. The average molecular weight is 214 g/mol. The van der Waals surface area contributed by atoms with E-state index in [-0.39, 0.29) is 5.91 Å². The molecule has 0 aliphatic carbocycles. The first kappa shape index (κ1) is 12.0. The van der Waals surface area contributed by atoms with Crippen LogP contribution < -0.4 is 5.32 Å². The van der Waals surface area contributed by atoms with Crippen LogP contribution in [0.2, 0.25) is 0 Å². The van der Waals surface area contributed by atoms with Gasteiger partial charge in [-0.1, -0.05) is 0 Å². The van der Waals surface area contributed by atoms with E-state index >= 15 is 0 Å². The monoisotopic (exact) mass is 214 g/mol. The minimum absolute atomic E-state index is 0.144. The van der Waals surface area contributed by atoms with Gasteiger partial charge in [-0.15, -0.1) is 0 Å². The second kappa shape index (κ2) is 4.18. The molecular weight excluding hydrogens is 196 g/mol. The summed E-state index contributed by atoms with van der Waals surface area (Å²) in [5.74, 6) is -1.05. The Hall–Kier alpha value is -1.10. The van der Waals surface area contributed by atoms with Crippen molar-refractivity contribution in [2.24, 2.45) is 0 Å². The number of hydrogen-bond donors (Lipinski definition) is 2. The maximum absolute atomic E-state index is 12.0. The molecule has 0 unspecified atom stereocenters. The van der Waals surface area contributed by atoms with E-state index in [9.17, 15) is 9.59 Å². The zero-order valence-electron chi connectivity index (χ0n) is 9.41. The van der Waals surface area contributed by atoms with Crippen molar-refractivity contribution in [1.82, 2.24) is 10.2 Å². The van der Waals surface area contributed by atoms with Gasteiger partial charge in [0, 0.05) is 6.54 Å². The van der Waals surface area contributed by atoms with E-state index in [0.717, 1.165) is 6.42 Å². The van der Waals surface area contributed by atoms with Gasteiger partial charge >= 0.3 is 5.97 Å². The Morgan fingerprint density at radius 3 is 2.53 bits per heavy atom. The molecule has 1 heterocycles. The van der Waals surface area contributed by atoms with Crippen LogP contribution in [0, 0.1) is 0 Å². The summed E-state index contributed by atoms with van der Waals surface area (Å²) in [6, 6.07) is -0.648. The van der Waals surface area contributed by atoms with Crippen LogP contribution in [0.25, 0.3) is 0 Å². The molecule has 1 rings (SSSR count). The van der Waals surface area contributed by atoms with Crippen molar-refractivity contribution < 1.29 is 14.7 Å². The smallest absolute Gasteiger partial charge is 0.326 e. The SMILES string of the molecule is CNC(C)(C)C(=O)N1CCC[C@H]1C(=O)O. The molecule has 86 valence electrons. The fourth-order valence-electron chi connectivity index (χ4n) is 1.73. The Kier molecular flexibility index (Phi) is 3.34. The third-order valence-electron chi connectivity index (χ3n) is 2.96. The highest BCUT2D eigenvalue weighted by molar-refractivity contribution is 5.90. The van der Waals surface area contributed by atoms with E-state index in [1.807, 2.05) is 0 Å². The van der Waals surface area contributed by atoms with Gasteiger partial charge in [0.2, 0.25) is 5.91 Å². The maximum atomic E-state index is 12.0. The Balaban J connectivity index is 2.79. The molecule has 0 aromatic carbocycles. The third kappa shape index (κ3) is 2.28. The van der Waals surface area contributed by atoms with E-state index < -0.39 is 17.6 Å². The van der Waals surface area contributed by atoms with Gasteiger partial charge in [-0.25, -0.2) is 4.79 Å². The molecule has 1 aliphatic rings. The number of amides is 1. The van der Waals surface area contributed by atoms with Crippen LogP contribution in [0.15, 0.2) is 0 Å². The van der Waals surface area contributed by atoms with Crippen molar-refractivity contribution in [2.75, 3.05) is 13.6 Å². The number of rotatable bonds is 3. The third-order valence-corrected chi connectivity index (χ3v) is 2.96. The summed E-state index contributed by atoms with van der Waals surface area (Å²) in [4.78, 5) is 24.4. The van der Waals surface area contributed by atoms with Crippen LogP contribution in [0.4, 0.5) is 0 Å². The number of likely N-dealkylation sites (tertiary alicyclic amines) is 1. The van der Waals surface area contributed by atoms with Crippen LogP contribution >= 0.6 is 0 Å². The molecule has 0 aromatic heterocycles. The lowest BCUT2D eigenvalue weighted by atomic mass is 10.0. The minimum Gasteiger partial charge on any atom is -0.480 e. The molecule has 0 radical (unpaired) electrons. The van der Waals surface area contributed by atoms with Crippen molar-refractivity contribution >= 4 is 11.9 Å². The maximum Gasteiger partial charge on any atom is 0.326 e. The first-order chi connectivity index (χ1) is 6.90. The van der Waals surface area contributed by atoms with E-state index in [0.29, 0.717) is 13.0 Å². The summed E-state index contributed by atoms with van der Waals surface area (Å²) in [6.45, 7) is 4.06. The van der Waals surface area contributed by atoms with Crippen molar-refractivity contribution in [3.05, 3.63) is 0 Å². The summed E-state index contributed by atoms with van der Waals surface area (Å²) >= 11 is 0. The molecule has 15 heavy (non-hydrogen) atoms. The summed E-state index contributed by atoms with van der Waals surface area (Å²) in [5.41, 5.74) is -0.696. The molecule has 1 atom stereocenters. The molecular formula is C10H18N2O3. The van der Waals surface area contributed by atoms with E-state index in [1.54, 1.807) is 20.9 Å². The molecule has 1 aliphatic heterocycles. The van der Waals surface area contributed by atoms with E-state index in [2.05, 4.69) is 5.32 Å². The number of nitrogens with zero attached hydrogens (tertiary/aromatic N) is 1. The van der Waals surface area contributed by atoms with Gasteiger partial charge in [0.05, 0.1) is 5.54 Å². The van der Waals surface area contributed by atoms with Crippen molar-refractivity contribution in [3.63, 3.8) is 0 Å². The molecule has 1 amide bonds. The lowest BCUT2D eigenvalue weighted by Gasteiger charge is -2.31. The number of aliphatic carboxylic acids is 1. The molecule has 1 saturated heterocycles. The quantitative estimate of drug-likeness (QED) is 0.697. The number of carbonyl (C=O) groups is 2. The Labute approximate surface area is 89.4 Å². The zero-order chi connectivity index (χ0) is 11.6. The van der Waals surface area contributed by atoms with Crippen LogP contribution in [0.3, 0.4) is 0 Å². The highest BCUT2D eigenvalue weighted by atomic mass is 16.4. The van der Waals surface area contributed by atoms with Gasteiger partial charge in [0.25, 0.3) is 0 Å². The summed E-state index contributed by atoms with van der Waals surface area (Å²) in [6.07, 6.45) is 1.32. The lowest BCUT2D eigenvalue weighted by molar-refractivity contribution is -0.150. The highest BCUT2D eigenvalue weighted by Crippen LogP contribution is 2.21. The summed E-state index contributed by atoms with van der Waals surface area (Å²) in [5, 5.41) is 11.8. The average Bonchev–Trinajstić information content (AvgIpc) is 2.64. The van der Waals surface area contributed by atoms with Gasteiger partial charge < -0.3 is 15.3 Å². The van der Waals surface area contributed by atoms with Gasteiger partial charge in [0.15, 0.2) is 0 Å². The van der Waals surface area contributed by atoms with Crippen LogP contribution in [-0.2, 0) is 9.59 Å². The second-order valence-corrected chi connectivity index (χ2v) is 4.37. The molecule has 2 N–H and O–H groups in total. The van der Waals surface area contributed by atoms with Crippen LogP contribution in [-0.4, -0.2) is 47.1 Å². The first-order valence-corrected chi connectivity index (χ1v) is 5.13. The molecule has 0 aromatic rings. The normalized spacial score (nSPS) is 21.8. The molecule has 0 saturated carbocycles. The fraction of sp³-hybridized carbons (Fsp3) is 0.800. The Bertz CT molecular complexity index is 276. The van der Waals surface area contributed by atoms with Crippen molar-refractivity contribution in [1.29, 1.82) is 0 Å². The lowest BCUT2D eigenvalue weighted by Crippen LogP contribution is -2.55. The standard InChI is InChI=1S/C10H18N2O3/c1-10(2,11-3)9(15)12-6-4-5-7(12)8(13)14/h7,11H,4-6H2,1-3H3,(H,13,14)/t7-/m0/s1. The van der Waals surface area contributed by atoms with Crippen molar-refractivity contribution in [3.8, 4) is 0 Å². The van der Waals surface area contributed by atoms with Gasteiger partial charge in [-0.3, -0.25) is 4.79 Å². The summed E-state index contributed by atoms with van der Waals surface area (Å²) in [7, 11) is 1.70. The van der Waals surface area contributed by atoms with Crippen LogP contribution in [0.5, 0.6) is 0 Å². The Morgan fingerprint density at radius 1 is 1.47 bits per heavy atom. The molecule has 5 nitrogen and oxygen atoms in total. The first-order valence-electron chi connectivity index (χ1n) is 5.13. The van der Waals surface area contributed by atoms with Gasteiger partial charge in [-0.2, -0.15) is 0 Å². The minimum atomic E-state index is -0.909. The zero-order valence-corrected chi connectivity index (χ0v) is 9.41. The molecule has 1 fully saturated rings. The molecule has 5 heteroatoms. The van der Waals surface area contributed by atoms with Gasteiger partial charge in [0.1, 0.15) is 6.04 Å². The molecule has 0 bridgehead atoms. The van der Waals surface area contributed by atoms with E-state index in [1.165, 1.54) is 4.90 Å². The fourth-order valence-corrected chi connectivity index (χ4v) is 1.73. The number of carboxylic acids is 1. The highest BCUT2D eigenvalue weighted by Gasteiger charge is 2.39. The number of carboxylic acid groups (broad SMARTS) is 1.